The minimum absolute atomic E-state index is 0.00803. The number of nitrogens with one attached hydrogen (secondary N) is 1. The van der Waals surface area contributed by atoms with E-state index < -0.39 is 41.0 Å². The molecule has 1 fully saturated rings. The van der Waals surface area contributed by atoms with Crippen molar-refractivity contribution in [3.8, 4) is 5.75 Å². The summed E-state index contributed by atoms with van der Waals surface area (Å²) in [4.78, 5) is 24.4. The van der Waals surface area contributed by atoms with Crippen molar-refractivity contribution in [2.75, 3.05) is 11.9 Å². The molecule has 1 saturated heterocycles. The molecule has 22 heavy (non-hydrogen) atoms. The fourth-order valence-corrected chi connectivity index (χ4v) is 2.50. The number of rotatable bonds is 2. The van der Waals surface area contributed by atoms with Gasteiger partial charge < -0.3 is 20.4 Å². The molecule has 1 heterocycles. The third kappa shape index (κ3) is 3.26. The first-order valence-corrected chi connectivity index (χ1v) is 6.78. The van der Waals surface area contributed by atoms with Crippen LogP contribution < -0.4 is 5.32 Å². The summed E-state index contributed by atoms with van der Waals surface area (Å²) in [7, 11) is 0. The molecule has 2 amide bonds. The van der Waals surface area contributed by atoms with Crippen LogP contribution in [0.5, 0.6) is 5.75 Å². The molecule has 0 aliphatic carbocycles. The number of halogens is 2. The van der Waals surface area contributed by atoms with E-state index >= 15 is 0 Å². The van der Waals surface area contributed by atoms with Crippen LogP contribution >= 0.6 is 0 Å². The Morgan fingerprint density at radius 3 is 2.59 bits per heavy atom. The van der Waals surface area contributed by atoms with E-state index in [-0.39, 0.29) is 12.6 Å². The molecule has 3 N–H and O–H groups in total. The van der Waals surface area contributed by atoms with Gasteiger partial charge in [-0.3, -0.25) is 4.79 Å². The predicted octanol–water partition coefficient (Wildman–Crippen LogP) is 2.39. The van der Waals surface area contributed by atoms with Gasteiger partial charge in [-0.2, -0.15) is 0 Å². The number of hydrogen-bond acceptors (Lipinski definition) is 3. The van der Waals surface area contributed by atoms with Crippen LogP contribution in [0.2, 0.25) is 0 Å². The van der Waals surface area contributed by atoms with Gasteiger partial charge in [0.2, 0.25) is 5.91 Å². The Bertz CT molecular complexity index is 586. The van der Waals surface area contributed by atoms with E-state index in [0.29, 0.717) is 25.0 Å². The maximum Gasteiger partial charge on any atom is 0.407 e. The lowest BCUT2D eigenvalue weighted by Gasteiger charge is -2.35. The summed E-state index contributed by atoms with van der Waals surface area (Å²) < 4.78 is 26.5. The average Bonchev–Trinajstić information content (AvgIpc) is 2.42. The van der Waals surface area contributed by atoms with Crippen LogP contribution in [-0.4, -0.2) is 39.7 Å². The number of anilines is 1. The Morgan fingerprint density at radius 2 is 2.00 bits per heavy atom. The monoisotopic (exact) mass is 314 g/mol. The standard InChI is InChI=1S/C14H16F2N2O4/c1-7-2-3-8(6-18(7)14(21)22)13(20)17-12-10(16)4-9(15)5-11(12)19/h4-5,7-8,19H,2-3,6H2,1H3,(H,17,20)(H,21,22)/t7-,8-/m1/s1. The minimum atomic E-state index is -1.12. The number of carboxylic acid groups (broad SMARTS) is 1. The summed E-state index contributed by atoms with van der Waals surface area (Å²) in [5.74, 6) is -4.04. The van der Waals surface area contributed by atoms with Crippen molar-refractivity contribution in [1.29, 1.82) is 0 Å². The van der Waals surface area contributed by atoms with Crippen LogP contribution in [0.3, 0.4) is 0 Å². The minimum Gasteiger partial charge on any atom is -0.506 e. The summed E-state index contributed by atoms with van der Waals surface area (Å²) in [6.07, 6.45) is -0.177. The number of hydrogen-bond donors (Lipinski definition) is 3. The Labute approximate surface area is 125 Å². The summed E-state index contributed by atoms with van der Waals surface area (Å²) in [6, 6.07) is 1.03. The van der Waals surface area contributed by atoms with Gasteiger partial charge in [0.1, 0.15) is 17.3 Å². The van der Waals surface area contributed by atoms with Gasteiger partial charge >= 0.3 is 6.09 Å². The molecule has 0 spiro atoms. The molecular formula is C14H16F2N2O4. The van der Waals surface area contributed by atoms with Crippen molar-refractivity contribution in [3.05, 3.63) is 23.8 Å². The van der Waals surface area contributed by atoms with E-state index in [1.54, 1.807) is 6.92 Å². The SMILES string of the molecule is C[C@@H]1CC[C@@H](C(=O)Nc2c(O)cc(F)cc2F)CN1C(=O)O. The molecule has 1 aliphatic rings. The van der Waals surface area contributed by atoms with Crippen LogP contribution in [0.1, 0.15) is 19.8 Å². The molecule has 0 radical (unpaired) electrons. The zero-order valence-electron chi connectivity index (χ0n) is 11.8. The van der Waals surface area contributed by atoms with Gasteiger partial charge in [-0.15, -0.1) is 0 Å². The van der Waals surface area contributed by atoms with Crippen molar-refractivity contribution >= 4 is 17.7 Å². The second-order valence-electron chi connectivity index (χ2n) is 5.33. The average molecular weight is 314 g/mol. The lowest BCUT2D eigenvalue weighted by molar-refractivity contribution is -0.121. The van der Waals surface area contributed by atoms with E-state index in [1.807, 2.05) is 0 Å². The van der Waals surface area contributed by atoms with Gasteiger partial charge in [-0.1, -0.05) is 0 Å². The maximum atomic E-state index is 13.6. The van der Waals surface area contributed by atoms with Crippen LogP contribution in [0.25, 0.3) is 0 Å². The molecular weight excluding hydrogens is 298 g/mol. The van der Waals surface area contributed by atoms with Crippen molar-refractivity contribution in [3.63, 3.8) is 0 Å². The molecule has 1 aliphatic heterocycles. The number of aromatic hydroxyl groups is 1. The first kappa shape index (κ1) is 16.0. The number of nitrogens with zero attached hydrogens (tertiary/aromatic N) is 1. The summed E-state index contributed by atoms with van der Waals surface area (Å²) in [5, 5.41) is 20.8. The van der Waals surface area contributed by atoms with Gasteiger partial charge in [0, 0.05) is 24.7 Å². The molecule has 1 aromatic carbocycles. The second kappa shape index (κ2) is 6.17. The predicted molar refractivity (Wildman–Crippen MR) is 73.6 cm³/mol. The topological polar surface area (TPSA) is 89.9 Å². The van der Waals surface area contributed by atoms with Gasteiger partial charge in [0.05, 0.1) is 5.92 Å². The number of phenolic OH excluding ortho intramolecular Hbond substituents is 1. The lowest BCUT2D eigenvalue weighted by atomic mass is 9.93. The highest BCUT2D eigenvalue weighted by Gasteiger charge is 2.33. The van der Waals surface area contributed by atoms with Crippen LogP contribution in [0.4, 0.5) is 19.3 Å². The number of piperidine rings is 1. The van der Waals surface area contributed by atoms with Crippen molar-refractivity contribution in [1.82, 2.24) is 4.90 Å². The van der Waals surface area contributed by atoms with Crippen LogP contribution in [-0.2, 0) is 4.79 Å². The van der Waals surface area contributed by atoms with Gasteiger partial charge in [0.25, 0.3) is 0 Å². The van der Waals surface area contributed by atoms with Gasteiger partial charge in [0.15, 0.2) is 5.82 Å². The molecule has 120 valence electrons. The van der Waals surface area contributed by atoms with E-state index in [9.17, 15) is 23.5 Å². The van der Waals surface area contributed by atoms with Gasteiger partial charge in [-0.05, 0) is 19.8 Å². The number of amides is 2. The third-order valence-electron chi connectivity index (χ3n) is 3.78. The molecule has 0 unspecified atom stereocenters. The van der Waals surface area contributed by atoms with E-state index in [0.717, 1.165) is 4.90 Å². The molecule has 0 saturated carbocycles. The fraction of sp³-hybridized carbons (Fsp3) is 0.429. The van der Waals surface area contributed by atoms with Crippen molar-refractivity contribution in [2.24, 2.45) is 5.92 Å². The first-order chi connectivity index (χ1) is 10.3. The quantitative estimate of drug-likeness (QED) is 0.731. The number of carbonyl (C=O) groups excluding carboxylic acids is 1. The lowest BCUT2D eigenvalue weighted by Crippen LogP contribution is -2.47. The number of likely N-dealkylation sites (tertiary alicyclic amines) is 1. The normalized spacial score (nSPS) is 21.5. The zero-order valence-corrected chi connectivity index (χ0v) is 11.8. The maximum absolute atomic E-state index is 13.6. The number of carbonyl (C=O) groups is 2. The second-order valence-corrected chi connectivity index (χ2v) is 5.33. The van der Waals surface area contributed by atoms with E-state index in [1.165, 1.54) is 0 Å². The molecule has 2 atom stereocenters. The number of benzene rings is 1. The Hall–Kier alpha value is -2.38. The summed E-state index contributed by atoms with van der Waals surface area (Å²) in [6.45, 7) is 1.74. The smallest absolute Gasteiger partial charge is 0.407 e. The van der Waals surface area contributed by atoms with Crippen molar-refractivity contribution in [2.45, 2.75) is 25.8 Å². The van der Waals surface area contributed by atoms with Crippen LogP contribution in [0.15, 0.2) is 12.1 Å². The molecule has 0 bridgehead atoms. The third-order valence-corrected chi connectivity index (χ3v) is 3.78. The summed E-state index contributed by atoms with van der Waals surface area (Å²) in [5.41, 5.74) is -0.508. The van der Waals surface area contributed by atoms with Crippen molar-refractivity contribution < 1.29 is 28.6 Å². The molecule has 6 nitrogen and oxygen atoms in total. The highest BCUT2D eigenvalue weighted by Crippen LogP contribution is 2.29. The van der Waals surface area contributed by atoms with E-state index in [4.69, 9.17) is 5.11 Å². The molecule has 0 aromatic heterocycles. The number of phenols is 1. The van der Waals surface area contributed by atoms with E-state index in [2.05, 4.69) is 5.32 Å². The van der Waals surface area contributed by atoms with Gasteiger partial charge in [-0.25, -0.2) is 13.6 Å². The molecule has 1 aromatic rings. The highest BCUT2D eigenvalue weighted by atomic mass is 19.1. The van der Waals surface area contributed by atoms with Crippen LogP contribution in [0, 0.1) is 17.6 Å². The zero-order chi connectivity index (χ0) is 16.4. The Morgan fingerprint density at radius 1 is 1.32 bits per heavy atom. The first-order valence-electron chi connectivity index (χ1n) is 6.78. The largest absolute Gasteiger partial charge is 0.506 e. The highest BCUT2D eigenvalue weighted by molar-refractivity contribution is 5.94. The Balaban J connectivity index is 2.11. The fourth-order valence-electron chi connectivity index (χ4n) is 2.50. The molecule has 2 rings (SSSR count). The molecule has 8 heteroatoms. The Kier molecular flexibility index (Phi) is 4.48. The summed E-state index contributed by atoms with van der Waals surface area (Å²) >= 11 is 0.